The van der Waals surface area contributed by atoms with Gasteiger partial charge in [0.05, 0.1) is 0 Å². The summed E-state index contributed by atoms with van der Waals surface area (Å²) in [4.78, 5) is 42.8. The molecule has 0 fully saturated rings. The third-order valence-corrected chi connectivity index (χ3v) is 4.48. The quantitative estimate of drug-likeness (QED) is 0.225. The van der Waals surface area contributed by atoms with Crippen LogP contribution in [0.1, 0.15) is 25.7 Å². The number of amides is 1. The van der Waals surface area contributed by atoms with Gasteiger partial charge in [-0.05, 0) is 43.3 Å². The molecule has 0 saturated heterocycles. The number of aliphatic carboxylic acids is 3. The van der Waals surface area contributed by atoms with Crippen LogP contribution in [0.25, 0.3) is 0 Å². The molecule has 0 aromatic heterocycles. The minimum Gasteiger partial charge on any atom is -0.480 e. The average molecular weight is 428 g/mol. The first kappa shape index (κ1) is 27.7. The molecule has 0 rings (SSSR count). The fraction of sp³-hybridized carbons (Fsp3) is 0.733. The van der Waals surface area contributed by atoms with Crippen LogP contribution in [0.5, 0.6) is 0 Å². The normalized spacial score (nSPS) is 13.5. The smallest absolute Gasteiger partial charge is 0.326 e. The van der Waals surface area contributed by atoms with E-state index >= 15 is 0 Å². The fourth-order valence-electron chi connectivity index (χ4n) is 1.54. The zero-order chi connectivity index (χ0) is 21.4. The second-order valence-corrected chi connectivity index (χ2v) is 7.42. The Morgan fingerprint density at radius 1 is 0.815 bits per heavy atom. The Bertz CT molecular complexity index is 480. The molecule has 0 aromatic rings. The standard InChI is InChI=1S/C10H18N2O5S.C5H11NO2S/c1-18-5-4-7(10(16)17)12-8(13)3-2-6(11)9(14)15;1-9-3-2-4(6)5(7)8/h6-7H,2-5,11H2,1H3,(H,12,13)(H,14,15)(H,16,17);4H,2-3,6H2,1H3,(H,7,8)/t6-,7-;4-/m00/s1. The molecule has 0 spiro atoms. The van der Waals surface area contributed by atoms with Gasteiger partial charge in [-0.25, -0.2) is 4.79 Å². The predicted molar refractivity (Wildman–Crippen MR) is 106 cm³/mol. The highest BCUT2D eigenvalue weighted by Crippen LogP contribution is 2.02. The summed E-state index contributed by atoms with van der Waals surface area (Å²) in [5.41, 5.74) is 10.4. The molecule has 0 bridgehead atoms. The first-order valence-electron chi connectivity index (χ1n) is 8.03. The molecule has 10 nitrogen and oxygen atoms in total. The van der Waals surface area contributed by atoms with Gasteiger partial charge < -0.3 is 32.1 Å². The first-order valence-corrected chi connectivity index (χ1v) is 10.8. The maximum atomic E-state index is 11.4. The number of rotatable bonds is 13. The summed E-state index contributed by atoms with van der Waals surface area (Å²) in [5, 5.41) is 28.0. The molecule has 8 N–H and O–H groups in total. The van der Waals surface area contributed by atoms with Gasteiger partial charge in [-0.15, -0.1) is 0 Å². The molecule has 27 heavy (non-hydrogen) atoms. The van der Waals surface area contributed by atoms with Gasteiger partial charge in [0.2, 0.25) is 5.91 Å². The second-order valence-electron chi connectivity index (χ2n) is 5.45. The van der Waals surface area contributed by atoms with Gasteiger partial charge in [-0.3, -0.25) is 14.4 Å². The Hall–Kier alpha value is -1.50. The molecule has 0 heterocycles. The molecule has 0 radical (unpaired) electrons. The van der Waals surface area contributed by atoms with Crippen LogP contribution < -0.4 is 16.8 Å². The van der Waals surface area contributed by atoms with E-state index in [1.54, 1.807) is 11.8 Å². The molecule has 0 unspecified atom stereocenters. The van der Waals surface area contributed by atoms with E-state index in [-0.39, 0.29) is 12.8 Å². The van der Waals surface area contributed by atoms with Crippen molar-refractivity contribution in [2.75, 3.05) is 24.0 Å². The van der Waals surface area contributed by atoms with Crippen LogP contribution in [-0.4, -0.2) is 81.3 Å². The molecule has 0 aliphatic heterocycles. The van der Waals surface area contributed by atoms with Gasteiger partial charge in [0.25, 0.3) is 0 Å². The van der Waals surface area contributed by atoms with Gasteiger partial charge in [0.15, 0.2) is 0 Å². The van der Waals surface area contributed by atoms with Crippen molar-refractivity contribution in [3.05, 3.63) is 0 Å². The maximum Gasteiger partial charge on any atom is 0.326 e. The van der Waals surface area contributed by atoms with Crippen molar-refractivity contribution in [3.63, 3.8) is 0 Å². The van der Waals surface area contributed by atoms with E-state index in [0.29, 0.717) is 18.6 Å². The molecule has 0 aliphatic carbocycles. The minimum absolute atomic E-state index is 0.0178. The number of carboxylic acids is 3. The Kier molecular flexibility index (Phi) is 17.1. The van der Waals surface area contributed by atoms with Crippen LogP contribution >= 0.6 is 23.5 Å². The summed E-state index contributed by atoms with van der Waals surface area (Å²) in [6.07, 6.45) is 4.53. The lowest BCUT2D eigenvalue weighted by Crippen LogP contribution is -2.42. The van der Waals surface area contributed by atoms with Crippen LogP contribution in [0.3, 0.4) is 0 Å². The molecule has 1 amide bonds. The van der Waals surface area contributed by atoms with E-state index in [0.717, 1.165) is 5.75 Å². The SMILES string of the molecule is CSCC[C@H](N)C(=O)O.CSCC[C@H](NC(=O)CC[C@H](N)C(=O)O)C(=O)O. The Balaban J connectivity index is 0. The highest BCUT2D eigenvalue weighted by molar-refractivity contribution is 7.98. The summed E-state index contributed by atoms with van der Waals surface area (Å²) < 4.78 is 0. The molecular weight excluding hydrogens is 398 g/mol. The van der Waals surface area contributed by atoms with Crippen molar-refractivity contribution < 1.29 is 34.5 Å². The van der Waals surface area contributed by atoms with E-state index in [4.69, 9.17) is 26.8 Å². The summed E-state index contributed by atoms with van der Waals surface area (Å²) in [6, 6.07) is -2.73. The second kappa shape index (κ2) is 16.7. The van der Waals surface area contributed by atoms with E-state index in [1.165, 1.54) is 11.8 Å². The highest BCUT2D eigenvalue weighted by Gasteiger charge is 2.20. The molecular formula is C15H29N3O7S2. The first-order chi connectivity index (χ1) is 12.6. The minimum atomic E-state index is -1.18. The van der Waals surface area contributed by atoms with Crippen LogP contribution in [0, 0.1) is 0 Å². The van der Waals surface area contributed by atoms with Gasteiger partial charge in [0, 0.05) is 6.42 Å². The van der Waals surface area contributed by atoms with Crippen molar-refractivity contribution in [1.82, 2.24) is 5.32 Å². The maximum absolute atomic E-state index is 11.4. The molecule has 3 atom stereocenters. The topological polar surface area (TPSA) is 193 Å². The van der Waals surface area contributed by atoms with Crippen molar-refractivity contribution in [3.8, 4) is 0 Å². The lowest BCUT2D eigenvalue weighted by Gasteiger charge is -2.14. The van der Waals surface area contributed by atoms with Crippen molar-refractivity contribution in [2.24, 2.45) is 11.5 Å². The zero-order valence-electron chi connectivity index (χ0n) is 15.4. The number of carboxylic acid groups (broad SMARTS) is 3. The zero-order valence-corrected chi connectivity index (χ0v) is 17.1. The van der Waals surface area contributed by atoms with E-state index < -0.39 is 41.9 Å². The summed E-state index contributed by atoms with van der Waals surface area (Å²) >= 11 is 3.09. The number of carbonyl (C=O) groups is 4. The third-order valence-electron chi connectivity index (χ3n) is 3.19. The van der Waals surface area contributed by atoms with Gasteiger partial charge >= 0.3 is 17.9 Å². The Morgan fingerprint density at radius 3 is 1.67 bits per heavy atom. The summed E-state index contributed by atoms with van der Waals surface area (Å²) in [6.45, 7) is 0. The molecule has 0 aromatic carbocycles. The van der Waals surface area contributed by atoms with E-state index in [2.05, 4.69) is 5.32 Å². The average Bonchev–Trinajstić information content (AvgIpc) is 2.60. The number of nitrogens with one attached hydrogen (secondary N) is 1. The van der Waals surface area contributed by atoms with Crippen molar-refractivity contribution in [2.45, 2.75) is 43.8 Å². The van der Waals surface area contributed by atoms with Crippen LogP contribution in [0.15, 0.2) is 0 Å². The van der Waals surface area contributed by atoms with Gasteiger partial charge in [-0.2, -0.15) is 23.5 Å². The fourth-order valence-corrected chi connectivity index (χ4v) is 2.50. The lowest BCUT2D eigenvalue weighted by atomic mass is 10.1. The van der Waals surface area contributed by atoms with Crippen molar-refractivity contribution >= 4 is 47.3 Å². The van der Waals surface area contributed by atoms with Crippen LogP contribution in [0.4, 0.5) is 0 Å². The molecule has 0 saturated carbocycles. The number of carbonyl (C=O) groups excluding carboxylic acids is 1. The Labute approximate surface area is 166 Å². The predicted octanol–water partition coefficient (Wildman–Crippen LogP) is -0.348. The molecule has 158 valence electrons. The Morgan fingerprint density at radius 2 is 1.26 bits per heavy atom. The lowest BCUT2D eigenvalue weighted by molar-refractivity contribution is -0.142. The monoisotopic (exact) mass is 427 g/mol. The number of hydrogen-bond donors (Lipinski definition) is 6. The van der Waals surface area contributed by atoms with Gasteiger partial charge in [0.1, 0.15) is 18.1 Å². The van der Waals surface area contributed by atoms with Gasteiger partial charge in [-0.1, -0.05) is 0 Å². The van der Waals surface area contributed by atoms with Crippen LogP contribution in [0.2, 0.25) is 0 Å². The summed E-state index contributed by atoms with van der Waals surface area (Å²) in [5.74, 6) is -2.26. The third kappa shape index (κ3) is 16.4. The van der Waals surface area contributed by atoms with E-state index in [9.17, 15) is 19.2 Å². The number of thioether (sulfide) groups is 2. The van der Waals surface area contributed by atoms with Crippen LogP contribution in [-0.2, 0) is 19.2 Å². The van der Waals surface area contributed by atoms with Crippen molar-refractivity contribution in [1.29, 1.82) is 0 Å². The molecule has 0 aliphatic rings. The number of nitrogens with two attached hydrogens (primary N) is 2. The van der Waals surface area contributed by atoms with E-state index in [1.807, 2.05) is 12.5 Å². The molecule has 12 heteroatoms. The highest BCUT2D eigenvalue weighted by atomic mass is 32.2. The largest absolute Gasteiger partial charge is 0.480 e. The number of hydrogen-bond acceptors (Lipinski definition) is 8. The summed E-state index contributed by atoms with van der Waals surface area (Å²) in [7, 11) is 0.